The van der Waals surface area contributed by atoms with Crippen LogP contribution in [-0.2, 0) is 0 Å². The molecule has 0 unspecified atom stereocenters. The zero-order valence-corrected chi connectivity index (χ0v) is 10.2. The van der Waals surface area contributed by atoms with E-state index in [1.54, 1.807) is 0 Å². The highest BCUT2D eigenvalue weighted by atomic mass is 19.4. The number of ether oxygens (including phenoxy) is 1. The predicted molar refractivity (Wildman–Crippen MR) is 61.9 cm³/mol. The number of nitrogens with zero attached hydrogens (tertiary/aromatic N) is 4. The maximum absolute atomic E-state index is 12.0. The number of aromatic nitrogens is 3. The molecule has 1 aliphatic heterocycles. The molecule has 0 atom stereocenters. The summed E-state index contributed by atoms with van der Waals surface area (Å²) < 4.78 is 40.9. The second-order valence-corrected chi connectivity index (χ2v) is 4.18. The summed E-state index contributed by atoms with van der Waals surface area (Å²) in [6, 6.07) is -0.168. The van der Waals surface area contributed by atoms with E-state index in [-0.39, 0.29) is 12.0 Å². The molecule has 9 heteroatoms. The molecule has 106 valence electrons. The van der Waals surface area contributed by atoms with Gasteiger partial charge in [-0.1, -0.05) is 0 Å². The van der Waals surface area contributed by atoms with Crippen LogP contribution in [-0.4, -0.2) is 40.8 Å². The van der Waals surface area contributed by atoms with Crippen LogP contribution in [0.4, 0.5) is 25.1 Å². The number of hydrogen-bond acceptors (Lipinski definition) is 6. The van der Waals surface area contributed by atoms with Crippen molar-refractivity contribution < 1.29 is 17.9 Å². The Hall–Kier alpha value is -1.80. The van der Waals surface area contributed by atoms with Gasteiger partial charge in [0.25, 0.3) is 0 Å². The van der Waals surface area contributed by atoms with Crippen LogP contribution in [0, 0.1) is 0 Å². The Balaban J connectivity index is 2.00. The van der Waals surface area contributed by atoms with Crippen LogP contribution in [0.2, 0.25) is 0 Å². The van der Waals surface area contributed by atoms with Gasteiger partial charge in [-0.2, -0.15) is 28.1 Å². The van der Waals surface area contributed by atoms with E-state index < -0.39 is 19.2 Å². The van der Waals surface area contributed by atoms with E-state index in [0.717, 1.165) is 25.9 Å². The van der Waals surface area contributed by atoms with Gasteiger partial charge in [-0.25, -0.2) is 0 Å². The number of nitrogens with two attached hydrogens (primary N) is 1. The highest BCUT2D eigenvalue weighted by Crippen LogP contribution is 2.21. The summed E-state index contributed by atoms with van der Waals surface area (Å²) in [5, 5.41) is 0. The molecule has 1 fully saturated rings. The van der Waals surface area contributed by atoms with Gasteiger partial charge < -0.3 is 15.4 Å². The molecule has 19 heavy (non-hydrogen) atoms. The van der Waals surface area contributed by atoms with E-state index in [1.165, 1.54) is 0 Å². The van der Waals surface area contributed by atoms with Gasteiger partial charge in [0.05, 0.1) is 6.42 Å². The number of alkyl halides is 3. The first-order chi connectivity index (χ1) is 8.94. The second-order valence-electron chi connectivity index (χ2n) is 4.18. The number of halogens is 3. The molecule has 1 saturated heterocycles. The molecule has 1 aliphatic rings. The molecule has 1 aromatic heterocycles. The third-order valence-corrected chi connectivity index (χ3v) is 2.63. The van der Waals surface area contributed by atoms with Crippen molar-refractivity contribution in [3.63, 3.8) is 0 Å². The molecule has 2 rings (SSSR count). The van der Waals surface area contributed by atoms with Crippen molar-refractivity contribution in [1.29, 1.82) is 0 Å². The fraction of sp³-hybridized carbons (Fsp3) is 0.700. The summed E-state index contributed by atoms with van der Waals surface area (Å²) in [6.45, 7) is 1.06. The Kier molecular flexibility index (Phi) is 3.91. The molecular formula is C10H14F3N5O. The maximum Gasteiger partial charge on any atom is 0.392 e. The lowest BCUT2D eigenvalue weighted by atomic mass is 10.4. The highest BCUT2D eigenvalue weighted by Gasteiger charge is 2.27. The van der Waals surface area contributed by atoms with Gasteiger partial charge >= 0.3 is 12.2 Å². The normalized spacial score (nSPS) is 15.8. The molecule has 0 spiro atoms. The minimum Gasteiger partial charge on any atom is -0.463 e. The molecule has 0 aliphatic carbocycles. The van der Waals surface area contributed by atoms with Crippen molar-refractivity contribution in [2.24, 2.45) is 0 Å². The number of anilines is 2. The molecule has 0 bridgehead atoms. The number of nitrogen functional groups attached to an aromatic ring is 1. The maximum atomic E-state index is 12.0. The summed E-state index contributed by atoms with van der Waals surface area (Å²) in [5.74, 6) is 0.297. The fourth-order valence-electron chi connectivity index (χ4n) is 1.74. The standard InChI is InChI=1S/C10H14F3N5O/c11-10(12,13)3-6-19-9-16-7(14)15-8(17-9)18-4-1-2-5-18/h1-6H2,(H2,14,15,16,17). The van der Waals surface area contributed by atoms with Gasteiger partial charge in [0.1, 0.15) is 6.61 Å². The molecule has 2 N–H and O–H groups in total. The van der Waals surface area contributed by atoms with Crippen molar-refractivity contribution in [2.75, 3.05) is 30.3 Å². The summed E-state index contributed by atoms with van der Waals surface area (Å²) >= 11 is 0. The average molecular weight is 277 g/mol. The second kappa shape index (κ2) is 5.45. The number of rotatable bonds is 4. The summed E-state index contributed by atoms with van der Waals surface area (Å²) in [7, 11) is 0. The predicted octanol–water partition coefficient (Wildman–Crippen LogP) is 1.39. The third kappa shape index (κ3) is 4.11. The van der Waals surface area contributed by atoms with Crippen LogP contribution in [0.15, 0.2) is 0 Å². The lowest BCUT2D eigenvalue weighted by Gasteiger charge is -2.15. The minimum absolute atomic E-state index is 0.0566. The van der Waals surface area contributed by atoms with Crippen LogP contribution in [0.1, 0.15) is 19.3 Å². The molecule has 0 amide bonds. The van der Waals surface area contributed by atoms with E-state index >= 15 is 0 Å². The van der Waals surface area contributed by atoms with Crippen molar-refractivity contribution in [3.05, 3.63) is 0 Å². The Morgan fingerprint density at radius 2 is 1.84 bits per heavy atom. The Morgan fingerprint density at radius 3 is 2.47 bits per heavy atom. The zero-order chi connectivity index (χ0) is 13.9. The lowest BCUT2D eigenvalue weighted by Crippen LogP contribution is -2.22. The van der Waals surface area contributed by atoms with E-state index in [0.29, 0.717) is 5.95 Å². The highest BCUT2D eigenvalue weighted by molar-refractivity contribution is 5.36. The van der Waals surface area contributed by atoms with E-state index in [9.17, 15) is 13.2 Å². The van der Waals surface area contributed by atoms with Crippen LogP contribution in [0.3, 0.4) is 0 Å². The van der Waals surface area contributed by atoms with Gasteiger partial charge in [-0.05, 0) is 12.8 Å². The third-order valence-electron chi connectivity index (χ3n) is 2.63. The largest absolute Gasteiger partial charge is 0.463 e. The molecule has 0 aromatic carbocycles. The summed E-state index contributed by atoms with van der Waals surface area (Å²) in [6.07, 6.45) is -3.28. The van der Waals surface area contributed by atoms with E-state index in [4.69, 9.17) is 10.5 Å². The Bertz CT molecular complexity index is 434. The smallest absolute Gasteiger partial charge is 0.392 e. The minimum atomic E-state index is -4.27. The monoisotopic (exact) mass is 277 g/mol. The molecular weight excluding hydrogens is 263 g/mol. The quantitative estimate of drug-likeness (QED) is 0.896. The lowest BCUT2D eigenvalue weighted by molar-refractivity contribution is -0.139. The van der Waals surface area contributed by atoms with Crippen LogP contribution < -0.4 is 15.4 Å². The first kappa shape index (κ1) is 13.6. The average Bonchev–Trinajstić information content (AvgIpc) is 2.79. The fourth-order valence-corrected chi connectivity index (χ4v) is 1.74. The molecule has 2 heterocycles. The van der Waals surface area contributed by atoms with Gasteiger partial charge in [-0.3, -0.25) is 0 Å². The first-order valence-corrected chi connectivity index (χ1v) is 5.90. The Morgan fingerprint density at radius 1 is 1.16 bits per heavy atom. The van der Waals surface area contributed by atoms with Crippen molar-refractivity contribution in [2.45, 2.75) is 25.4 Å². The van der Waals surface area contributed by atoms with Crippen LogP contribution in [0.5, 0.6) is 6.01 Å². The first-order valence-electron chi connectivity index (χ1n) is 5.90. The summed E-state index contributed by atoms with van der Waals surface area (Å²) in [4.78, 5) is 13.5. The molecule has 6 nitrogen and oxygen atoms in total. The SMILES string of the molecule is Nc1nc(OCCC(F)(F)F)nc(N2CCCC2)n1. The number of hydrogen-bond donors (Lipinski definition) is 1. The molecule has 0 radical (unpaired) electrons. The van der Waals surface area contributed by atoms with E-state index in [1.807, 2.05) is 4.90 Å². The zero-order valence-electron chi connectivity index (χ0n) is 10.2. The van der Waals surface area contributed by atoms with Crippen LogP contribution in [0.25, 0.3) is 0 Å². The van der Waals surface area contributed by atoms with Gasteiger partial charge in [0, 0.05) is 13.1 Å². The Labute approximate surface area is 107 Å². The summed E-state index contributed by atoms with van der Waals surface area (Å²) in [5.41, 5.74) is 5.49. The van der Waals surface area contributed by atoms with E-state index in [2.05, 4.69) is 15.0 Å². The van der Waals surface area contributed by atoms with Gasteiger partial charge in [-0.15, -0.1) is 0 Å². The molecule has 1 aromatic rings. The van der Waals surface area contributed by atoms with Crippen LogP contribution >= 0.6 is 0 Å². The van der Waals surface area contributed by atoms with Gasteiger partial charge in [0.15, 0.2) is 0 Å². The van der Waals surface area contributed by atoms with Gasteiger partial charge in [0.2, 0.25) is 11.9 Å². The topological polar surface area (TPSA) is 77.2 Å². The van der Waals surface area contributed by atoms with Crippen molar-refractivity contribution in [1.82, 2.24) is 15.0 Å². The van der Waals surface area contributed by atoms with Crippen molar-refractivity contribution in [3.8, 4) is 6.01 Å². The molecule has 0 saturated carbocycles. The van der Waals surface area contributed by atoms with Crippen molar-refractivity contribution >= 4 is 11.9 Å².